The average Bonchev–Trinajstić information content (AvgIpc) is 2.91. The molecular formula is C29H25NO6. The van der Waals surface area contributed by atoms with E-state index in [0.717, 1.165) is 16.9 Å². The Hall–Kier alpha value is -4.65. The van der Waals surface area contributed by atoms with Gasteiger partial charge in [-0.1, -0.05) is 60.7 Å². The quantitative estimate of drug-likeness (QED) is 0.151. The van der Waals surface area contributed by atoms with Crippen molar-refractivity contribution in [3.8, 4) is 5.75 Å². The Morgan fingerprint density at radius 3 is 2.47 bits per heavy atom. The fourth-order valence-electron chi connectivity index (χ4n) is 3.39. The van der Waals surface area contributed by atoms with Crippen LogP contribution in [0, 0.1) is 0 Å². The second kappa shape index (κ2) is 12.2. The summed E-state index contributed by atoms with van der Waals surface area (Å²) < 4.78 is 16.1. The number of hydrogen-bond acceptors (Lipinski definition) is 6. The molecule has 182 valence electrons. The summed E-state index contributed by atoms with van der Waals surface area (Å²) in [5, 5.41) is 3.31. The van der Waals surface area contributed by atoms with Gasteiger partial charge in [-0.3, -0.25) is 4.79 Å². The van der Waals surface area contributed by atoms with E-state index in [1.54, 1.807) is 30.3 Å². The molecule has 7 nitrogen and oxygen atoms in total. The molecule has 1 amide bonds. The van der Waals surface area contributed by atoms with Gasteiger partial charge in [-0.15, -0.1) is 0 Å². The molecule has 0 bridgehead atoms. The fourth-order valence-corrected chi connectivity index (χ4v) is 3.39. The lowest BCUT2D eigenvalue weighted by atomic mass is 10.2. The van der Waals surface area contributed by atoms with Crippen LogP contribution >= 0.6 is 0 Å². The number of fused-ring (bicyclic) bond motifs is 1. The van der Waals surface area contributed by atoms with Gasteiger partial charge in [0.25, 0.3) is 5.91 Å². The van der Waals surface area contributed by atoms with Crippen molar-refractivity contribution in [3.05, 3.63) is 118 Å². The van der Waals surface area contributed by atoms with Crippen LogP contribution in [0.1, 0.15) is 27.9 Å². The molecule has 0 atom stereocenters. The number of para-hydroxylation sites is 1. The van der Waals surface area contributed by atoms with E-state index in [-0.39, 0.29) is 18.7 Å². The van der Waals surface area contributed by atoms with Crippen LogP contribution in [0.15, 0.2) is 100 Å². The smallest absolute Gasteiger partial charge is 0.349 e. The summed E-state index contributed by atoms with van der Waals surface area (Å²) in [4.78, 5) is 36.3. The van der Waals surface area contributed by atoms with Gasteiger partial charge in [-0.25, -0.2) is 9.59 Å². The molecule has 4 aromatic rings. The van der Waals surface area contributed by atoms with Crippen molar-refractivity contribution in [1.82, 2.24) is 5.32 Å². The molecule has 0 unspecified atom stereocenters. The number of carbonyl (C=O) groups excluding carboxylic acids is 2. The van der Waals surface area contributed by atoms with Gasteiger partial charge in [0, 0.05) is 18.0 Å². The highest BCUT2D eigenvalue weighted by Crippen LogP contribution is 2.15. The highest BCUT2D eigenvalue weighted by Gasteiger charge is 2.13. The maximum absolute atomic E-state index is 12.3. The Morgan fingerprint density at radius 1 is 0.917 bits per heavy atom. The fraction of sp³-hybridized carbons (Fsp3) is 0.138. The molecule has 0 saturated heterocycles. The predicted molar refractivity (Wildman–Crippen MR) is 137 cm³/mol. The summed E-state index contributed by atoms with van der Waals surface area (Å²) >= 11 is 0. The Kier molecular flexibility index (Phi) is 8.27. The van der Waals surface area contributed by atoms with E-state index in [1.807, 2.05) is 54.6 Å². The van der Waals surface area contributed by atoms with E-state index in [0.29, 0.717) is 24.0 Å². The maximum Gasteiger partial charge on any atom is 0.349 e. The van der Waals surface area contributed by atoms with Crippen LogP contribution in [0.4, 0.5) is 0 Å². The zero-order valence-electron chi connectivity index (χ0n) is 19.5. The average molecular weight is 484 g/mol. The van der Waals surface area contributed by atoms with Gasteiger partial charge >= 0.3 is 11.6 Å². The molecule has 1 heterocycles. The molecule has 1 N–H and O–H groups in total. The number of amides is 1. The Bertz CT molecular complexity index is 1410. The standard InChI is InChI=1S/C29H25NO6/c31-27(16-13-21-11-14-24(15-12-21)35-20-22-7-2-1-3-8-22)34-18-6-17-30-28(32)25-19-23-9-4-5-10-26(23)36-29(25)33/h1-5,7-16,19H,6,17-18,20H2,(H,30,32)/b16-13+. The highest BCUT2D eigenvalue weighted by molar-refractivity contribution is 5.96. The van der Waals surface area contributed by atoms with E-state index in [1.165, 1.54) is 12.1 Å². The van der Waals surface area contributed by atoms with Gasteiger partial charge in [-0.05, 0) is 47.9 Å². The topological polar surface area (TPSA) is 94.8 Å². The van der Waals surface area contributed by atoms with Crippen molar-refractivity contribution >= 4 is 28.9 Å². The SMILES string of the molecule is O=C(/C=C/c1ccc(OCc2ccccc2)cc1)OCCCNC(=O)c1cc2ccccc2oc1=O. The first kappa shape index (κ1) is 24.5. The molecule has 3 aromatic carbocycles. The van der Waals surface area contributed by atoms with Gasteiger partial charge in [0.15, 0.2) is 0 Å². The van der Waals surface area contributed by atoms with Gasteiger partial charge in [-0.2, -0.15) is 0 Å². The maximum atomic E-state index is 12.3. The van der Waals surface area contributed by atoms with E-state index < -0.39 is 17.5 Å². The van der Waals surface area contributed by atoms with E-state index >= 15 is 0 Å². The summed E-state index contributed by atoms with van der Waals surface area (Å²) in [6, 6.07) is 25.7. The molecule has 0 saturated carbocycles. The first-order chi connectivity index (χ1) is 17.6. The minimum absolute atomic E-state index is 0.0647. The van der Waals surface area contributed by atoms with Crippen LogP contribution in [0.2, 0.25) is 0 Å². The lowest BCUT2D eigenvalue weighted by molar-refractivity contribution is -0.137. The summed E-state index contributed by atoms with van der Waals surface area (Å²) in [6.07, 6.45) is 3.40. The van der Waals surface area contributed by atoms with Crippen molar-refractivity contribution in [2.45, 2.75) is 13.0 Å². The number of hydrogen-bond donors (Lipinski definition) is 1. The normalized spacial score (nSPS) is 10.9. The van der Waals surface area contributed by atoms with E-state index in [2.05, 4.69) is 5.32 Å². The van der Waals surface area contributed by atoms with Crippen LogP contribution in [0.5, 0.6) is 5.75 Å². The van der Waals surface area contributed by atoms with Crippen molar-refractivity contribution in [2.24, 2.45) is 0 Å². The van der Waals surface area contributed by atoms with Gasteiger partial charge in [0.1, 0.15) is 23.5 Å². The van der Waals surface area contributed by atoms with Crippen LogP contribution in [-0.4, -0.2) is 25.0 Å². The van der Waals surface area contributed by atoms with Crippen LogP contribution in [-0.2, 0) is 16.1 Å². The molecule has 0 aliphatic heterocycles. The largest absolute Gasteiger partial charge is 0.489 e. The minimum atomic E-state index is -0.696. The summed E-state index contributed by atoms with van der Waals surface area (Å²) in [5.41, 5.74) is 1.58. The summed E-state index contributed by atoms with van der Waals surface area (Å²) in [5.74, 6) is -0.278. The molecule has 0 aliphatic rings. The number of esters is 1. The highest BCUT2D eigenvalue weighted by atomic mass is 16.5. The first-order valence-corrected chi connectivity index (χ1v) is 11.5. The second-order valence-corrected chi connectivity index (χ2v) is 7.94. The lowest BCUT2D eigenvalue weighted by Gasteiger charge is -2.06. The molecule has 0 fully saturated rings. The van der Waals surface area contributed by atoms with Crippen molar-refractivity contribution in [1.29, 1.82) is 0 Å². The Morgan fingerprint density at radius 2 is 1.67 bits per heavy atom. The number of rotatable bonds is 10. The third-order valence-electron chi connectivity index (χ3n) is 5.28. The number of nitrogens with one attached hydrogen (secondary N) is 1. The molecule has 0 aliphatic carbocycles. The second-order valence-electron chi connectivity index (χ2n) is 7.94. The van der Waals surface area contributed by atoms with Crippen molar-refractivity contribution in [2.75, 3.05) is 13.2 Å². The van der Waals surface area contributed by atoms with E-state index in [4.69, 9.17) is 13.9 Å². The van der Waals surface area contributed by atoms with Crippen LogP contribution in [0.25, 0.3) is 17.0 Å². The van der Waals surface area contributed by atoms with Gasteiger partial charge in [0.2, 0.25) is 0 Å². The monoisotopic (exact) mass is 483 g/mol. The van der Waals surface area contributed by atoms with Crippen LogP contribution in [0.3, 0.4) is 0 Å². The Labute approximate surface area is 208 Å². The summed E-state index contributed by atoms with van der Waals surface area (Å²) in [6.45, 7) is 0.854. The first-order valence-electron chi connectivity index (χ1n) is 11.5. The number of carbonyl (C=O) groups is 2. The molecule has 1 aromatic heterocycles. The molecule has 0 spiro atoms. The van der Waals surface area contributed by atoms with Gasteiger partial charge < -0.3 is 19.2 Å². The van der Waals surface area contributed by atoms with Crippen LogP contribution < -0.4 is 15.7 Å². The predicted octanol–water partition coefficient (Wildman–Crippen LogP) is 4.75. The third-order valence-corrected chi connectivity index (χ3v) is 5.28. The molecule has 36 heavy (non-hydrogen) atoms. The molecule has 0 radical (unpaired) electrons. The molecular weight excluding hydrogens is 458 g/mol. The van der Waals surface area contributed by atoms with Crippen molar-refractivity contribution in [3.63, 3.8) is 0 Å². The van der Waals surface area contributed by atoms with Gasteiger partial charge in [0.05, 0.1) is 6.61 Å². The Balaban J connectivity index is 1.16. The van der Waals surface area contributed by atoms with Crippen molar-refractivity contribution < 1.29 is 23.5 Å². The molecule has 7 heteroatoms. The van der Waals surface area contributed by atoms with E-state index in [9.17, 15) is 14.4 Å². The zero-order valence-corrected chi connectivity index (χ0v) is 19.5. The zero-order chi connectivity index (χ0) is 25.2. The molecule has 4 rings (SSSR count). The number of ether oxygens (including phenoxy) is 2. The summed E-state index contributed by atoms with van der Waals surface area (Å²) in [7, 11) is 0. The minimum Gasteiger partial charge on any atom is -0.489 e. The lowest BCUT2D eigenvalue weighted by Crippen LogP contribution is -2.29. The number of benzene rings is 3. The third kappa shape index (κ3) is 6.93.